The average molecular weight is 487 g/mol. The van der Waals surface area contributed by atoms with E-state index in [-0.39, 0.29) is 17.7 Å². The Hall–Kier alpha value is -3.59. The minimum absolute atomic E-state index is 0.229. The average Bonchev–Trinajstić information content (AvgIpc) is 3.10. The van der Waals surface area contributed by atoms with Gasteiger partial charge in [-0.25, -0.2) is 4.79 Å². The van der Waals surface area contributed by atoms with Crippen molar-refractivity contribution >= 4 is 46.8 Å². The topological polar surface area (TPSA) is 148 Å². The lowest BCUT2D eigenvalue weighted by molar-refractivity contribution is -0.138. The molecule has 1 aromatic carbocycles. The molecule has 2 fully saturated rings. The lowest BCUT2D eigenvalue weighted by Crippen LogP contribution is -2.50. The number of carbonyl (C=O) groups excluding carboxylic acids is 2. The number of amides is 2. The zero-order valence-corrected chi connectivity index (χ0v) is 20.0. The summed E-state index contributed by atoms with van der Waals surface area (Å²) in [4.78, 5) is 38.5. The fraction of sp³-hybridized carbons (Fsp3) is 0.455. The van der Waals surface area contributed by atoms with E-state index in [1.165, 1.54) is 6.21 Å². The number of nitrogens with one attached hydrogen (secondary N) is 1. The molecule has 0 spiro atoms. The Bertz CT molecular complexity index is 1070. The number of carboxylic acid groups (broad SMARTS) is 1. The Morgan fingerprint density at radius 1 is 1.32 bits per heavy atom. The number of hydrogen-bond acceptors (Lipinski definition) is 9. The van der Waals surface area contributed by atoms with E-state index in [0.29, 0.717) is 37.3 Å². The van der Waals surface area contributed by atoms with Gasteiger partial charge in [0.25, 0.3) is 0 Å². The van der Waals surface area contributed by atoms with Crippen LogP contribution in [0.2, 0.25) is 0 Å². The van der Waals surface area contributed by atoms with Crippen LogP contribution in [-0.2, 0) is 14.3 Å². The molecule has 2 saturated heterocycles. The maximum absolute atomic E-state index is 12.3. The summed E-state index contributed by atoms with van der Waals surface area (Å²) in [6.45, 7) is 7.62. The maximum Gasteiger partial charge on any atom is 0.410 e. The van der Waals surface area contributed by atoms with Gasteiger partial charge in [-0.05, 0) is 38.5 Å². The molecule has 0 radical (unpaired) electrons. The van der Waals surface area contributed by atoms with Crippen molar-refractivity contribution in [3.63, 3.8) is 0 Å². The molecule has 1 unspecified atom stereocenters. The zero-order chi connectivity index (χ0) is 24.9. The van der Waals surface area contributed by atoms with Crippen LogP contribution in [0.25, 0.3) is 0 Å². The highest BCUT2D eigenvalue weighted by Crippen LogP contribution is 2.24. The molecule has 2 heterocycles. The van der Waals surface area contributed by atoms with Gasteiger partial charge >= 0.3 is 12.1 Å². The molecule has 0 aromatic heterocycles. The molecule has 180 valence electrons. The van der Waals surface area contributed by atoms with Gasteiger partial charge in [0, 0.05) is 26.2 Å². The highest BCUT2D eigenvalue weighted by molar-refractivity contribution is 8.15. The first kappa shape index (κ1) is 25.0. The first-order chi connectivity index (χ1) is 16.1. The van der Waals surface area contributed by atoms with Crippen molar-refractivity contribution in [1.82, 2.24) is 10.2 Å². The van der Waals surface area contributed by atoms with Gasteiger partial charge in [0.05, 0.1) is 23.9 Å². The summed E-state index contributed by atoms with van der Waals surface area (Å²) in [7, 11) is 0. The molecule has 2 aliphatic heterocycles. The monoisotopic (exact) mass is 486 g/mol. The van der Waals surface area contributed by atoms with Crippen LogP contribution in [0.15, 0.2) is 28.4 Å². The molecule has 34 heavy (non-hydrogen) atoms. The number of aliphatic carboxylic acids is 1. The van der Waals surface area contributed by atoms with Gasteiger partial charge in [0.1, 0.15) is 16.9 Å². The second-order valence-electron chi connectivity index (χ2n) is 8.69. The van der Waals surface area contributed by atoms with Crippen LogP contribution < -0.4 is 10.2 Å². The van der Waals surface area contributed by atoms with Gasteiger partial charge in [-0.3, -0.25) is 9.59 Å². The molecular formula is C22H26N6O5S. The third-order valence-electron chi connectivity index (χ3n) is 4.90. The first-order valence-corrected chi connectivity index (χ1v) is 11.5. The number of nitriles is 1. The quantitative estimate of drug-likeness (QED) is 0.474. The minimum atomic E-state index is -1.06. The Morgan fingerprint density at radius 2 is 2.03 bits per heavy atom. The lowest BCUT2D eigenvalue weighted by atomic mass is 10.1. The van der Waals surface area contributed by atoms with Crippen LogP contribution in [0, 0.1) is 11.3 Å². The van der Waals surface area contributed by atoms with Gasteiger partial charge in [0.2, 0.25) is 5.91 Å². The molecule has 12 heteroatoms. The summed E-state index contributed by atoms with van der Waals surface area (Å²) in [5, 5.41) is 28.3. The third-order valence-corrected chi connectivity index (χ3v) is 5.98. The Labute approximate surface area is 201 Å². The lowest BCUT2D eigenvalue weighted by Gasteiger charge is -2.37. The molecule has 2 N–H and O–H groups in total. The minimum Gasteiger partial charge on any atom is -0.481 e. The van der Waals surface area contributed by atoms with E-state index < -0.39 is 22.7 Å². The predicted molar refractivity (Wildman–Crippen MR) is 128 cm³/mol. The van der Waals surface area contributed by atoms with E-state index in [9.17, 15) is 19.6 Å². The maximum atomic E-state index is 12.3. The summed E-state index contributed by atoms with van der Waals surface area (Å²) in [5.41, 5.74) is 1.33. The highest BCUT2D eigenvalue weighted by atomic mass is 32.2. The molecule has 1 aromatic rings. The summed E-state index contributed by atoms with van der Waals surface area (Å²) in [6.07, 6.45) is 0.819. The van der Waals surface area contributed by atoms with Crippen LogP contribution in [0.5, 0.6) is 0 Å². The highest BCUT2D eigenvalue weighted by Gasteiger charge is 2.32. The second-order valence-corrected chi connectivity index (χ2v) is 9.88. The van der Waals surface area contributed by atoms with Gasteiger partial charge in [-0.2, -0.15) is 10.4 Å². The predicted octanol–water partition coefficient (Wildman–Crippen LogP) is 2.01. The number of thioether (sulfide) groups is 1. The number of benzene rings is 1. The molecule has 11 nitrogen and oxygen atoms in total. The van der Waals surface area contributed by atoms with Crippen LogP contribution >= 0.6 is 11.8 Å². The molecular weight excluding hydrogens is 460 g/mol. The number of ether oxygens (including phenoxy) is 1. The zero-order valence-electron chi connectivity index (χ0n) is 19.1. The normalized spacial score (nSPS) is 19.9. The van der Waals surface area contributed by atoms with E-state index in [2.05, 4.69) is 21.6 Å². The molecule has 3 rings (SSSR count). The van der Waals surface area contributed by atoms with E-state index in [1.54, 1.807) is 17.0 Å². The van der Waals surface area contributed by atoms with E-state index in [4.69, 9.17) is 9.84 Å². The Morgan fingerprint density at radius 3 is 2.65 bits per heavy atom. The van der Waals surface area contributed by atoms with Crippen LogP contribution in [0.3, 0.4) is 0 Å². The summed E-state index contributed by atoms with van der Waals surface area (Å²) in [5.74, 6) is -1.47. The Kier molecular flexibility index (Phi) is 7.78. The largest absolute Gasteiger partial charge is 0.481 e. The van der Waals surface area contributed by atoms with E-state index in [1.807, 2.05) is 31.7 Å². The molecule has 0 saturated carbocycles. The van der Waals surface area contributed by atoms with Crippen molar-refractivity contribution in [3.05, 3.63) is 29.3 Å². The van der Waals surface area contributed by atoms with Crippen molar-refractivity contribution in [1.29, 1.82) is 5.26 Å². The number of hydrogen-bond donors (Lipinski definition) is 2. The summed E-state index contributed by atoms with van der Waals surface area (Å²) >= 11 is 1.01. The van der Waals surface area contributed by atoms with Crippen molar-refractivity contribution in [2.24, 2.45) is 10.2 Å². The number of piperazine rings is 1. The Balaban J connectivity index is 1.61. The smallest absolute Gasteiger partial charge is 0.410 e. The van der Waals surface area contributed by atoms with Gasteiger partial charge in [0.15, 0.2) is 5.17 Å². The van der Waals surface area contributed by atoms with Gasteiger partial charge in [-0.1, -0.05) is 17.8 Å². The number of rotatable bonds is 5. The van der Waals surface area contributed by atoms with Crippen molar-refractivity contribution in [3.8, 4) is 6.07 Å². The number of carbonyl (C=O) groups is 3. The van der Waals surface area contributed by atoms with Crippen LogP contribution in [0.1, 0.15) is 38.3 Å². The van der Waals surface area contributed by atoms with Crippen molar-refractivity contribution in [2.45, 2.75) is 38.0 Å². The number of anilines is 1. The number of amidine groups is 1. The number of nitrogens with zero attached hydrogens (tertiary/aromatic N) is 5. The molecule has 2 amide bonds. The third kappa shape index (κ3) is 6.71. The number of carboxylic acids is 1. The summed E-state index contributed by atoms with van der Waals surface area (Å²) < 4.78 is 5.42. The molecule has 0 aliphatic carbocycles. The molecule has 1 atom stereocenters. The van der Waals surface area contributed by atoms with Crippen LogP contribution in [-0.4, -0.2) is 76.4 Å². The van der Waals surface area contributed by atoms with Gasteiger partial charge < -0.3 is 25.0 Å². The van der Waals surface area contributed by atoms with Gasteiger partial charge in [-0.15, -0.1) is 5.10 Å². The molecule has 2 aliphatic rings. The van der Waals surface area contributed by atoms with E-state index >= 15 is 0 Å². The van der Waals surface area contributed by atoms with Crippen molar-refractivity contribution in [2.75, 3.05) is 31.1 Å². The molecule has 0 bridgehead atoms. The fourth-order valence-corrected chi connectivity index (χ4v) is 4.26. The van der Waals surface area contributed by atoms with Crippen molar-refractivity contribution < 1.29 is 24.2 Å². The second kappa shape index (κ2) is 10.6. The van der Waals surface area contributed by atoms with E-state index in [0.717, 1.165) is 17.4 Å². The first-order valence-electron chi connectivity index (χ1n) is 10.6. The summed E-state index contributed by atoms with van der Waals surface area (Å²) in [6, 6.07) is 7.51. The SMILES string of the molecule is CC(C)(C)OC(=O)N1CCN(c2ccc(C=NN=C3NC(=O)C(CC(=O)O)S3)cc2C#N)CC1. The fourth-order valence-electron chi connectivity index (χ4n) is 3.35. The van der Waals surface area contributed by atoms with Crippen LogP contribution in [0.4, 0.5) is 10.5 Å². The standard InChI is InChI=1S/C22H26N6O5S/c1-22(2,3)33-21(32)28-8-6-27(7-9-28)16-5-4-14(10-15(16)12-23)13-24-26-20-25-19(31)17(34-20)11-18(29)30/h4-5,10,13,17H,6-9,11H2,1-3H3,(H,29,30)(H,25,26,31).